The van der Waals surface area contributed by atoms with Crippen LogP contribution in [-0.4, -0.2) is 32.3 Å². The minimum atomic E-state index is 0.494. The van der Waals surface area contributed by atoms with Gasteiger partial charge in [0.2, 0.25) is 0 Å². The molecule has 2 aliphatic heterocycles. The number of para-hydroxylation sites is 1. The van der Waals surface area contributed by atoms with Crippen molar-refractivity contribution in [3.05, 3.63) is 29.8 Å². The zero-order valence-electron chi connectivity index (χ0n) is 12.5. The van der Waals surface area contributed by atoms with Crippen LogP contribution in [0.5, 0.6) is 0 Å². The van der Waals surface area contributed by atoms with Crippen LogP contribution in [0.1, 0.15) is 44.2 Å². The molecule has 0 aromatic heterocycles. The zero-order valence-corrected chi connectivity index (χ0v) is 12.5. The number of ether oxygens (including phenoxy) is 1. The molecule has 2 heterocycles. The summed E-state index contributed by atoms with van der Waals surface area (Å²) in [6, 6.07) is 9.39. The van der Waals surface area contributed by atoms with Crippen LogP contribution in [0, 0.1) is 0 Å². The molecule has 1 aromatic rings. The van der Waals surface area contributed by atoms with E-state index in [4.69, 9.17) is 4.74 Å². The molecule has 0 radical (unpaired) electrons. The first-order chi connectivity index (χ1) is 9.88. The second kappa shape index (κ2) is 6.59. The molecular weight excluding hydrogens is 248 g/mol. The predicted octanol–water partition coefficient (Wildman–Crippen LogP) is 3.12. The molecule has 1 N–H and O–H groups in total. The van der Waals surface area contributed by atoms with Crippen LogP contribution >= 0.6 is 0 Å². The van der Waals surface area contributed by atoms with E-state index in [2.05, 4.69) is 41.4 Å². The van der Waals surface area contributed by atoms with Gasteiger partial charge in [0, 0.05) is 31.4 Å². The van der Waals surface area contributed by atoms with Gasteiger partial charge in [0.15, 0.2) is 0 Å². The molecule has 3 rings (SSSR count). The van der Waals surface area contributed by atoms with E-state index in [1.54, 1.807) is 0 Å². The lowest BCUT2D eigenvalue weighted by molar-refractivity contribution is 0.105. The third-order valence-electron chi connectivity index (χ3n) is 4.54. The molecule has 1 fully saturated rings. The van der Waals surface area contributed by atoms with Gasteiger partial charge in [0.05, 0.1) is 6.10 Å². The summed E-state index contributed by atoms with van der Waals surface area (Å²) in [5, 5.41) is 3.61. The largest absolute Gasteiger partial charge is 0.378 e. The van der Waals surface area contributed by atoms with Crippen molar-refractivity contribution in [2.45, 2.75) is 44.8 Å². The van der Waals surface area contributed by atoms with Crippen LogP contribution in [0.4, 0.5) is 5.69 Å². The smallest absolute Gasteiger partial charge is 0.0592 e. The maximum absolute atomic E-state index is 5.75. The lowest BCUT2D eigenvalue weighted by atomic mass is 9.96. The Hall–Kier alpha value is -1.06. The minimum absolute atomic E-state index is 0.494. The lowest BCUT2D eigenvalue weighted by Gasteiger charge is -2.36. The highest BCUT2D eigenvalue weighted by Crippen LogP contribution is 2.33. The van der Waals surface area contributed by atoms with Gasteiger partial charge < -0.3 is 15.0 Å². The fraction of sp³-hybridized carbons (Fsp3) is 0.647. The maximum atomic E-state index is 5.75. The maximum Gasteiger partial charge on any atom is 0.0592 e. The average molecular weight is 274 g/mol. The number of rotatable bonds is 5. The summed E-state index contributed by atoms with van der Waals surface area (Å²) in [6.45, 7) is 6.47. The zero-order chi connectivity index (χ0) is 13.8. The van der Waals surface area contributed by atoms with Crippen molar-refractivity contribution in [2.75, 3.05) is 31.1 Å². The summed E-state index contributed by atoms with van der Waals surface area (Å²) in [5.41, 5.74) is 2.88. The van der Waals surface area contributed by atoms with Crippen LogP contribution in [0.15, 0.2) is 24.3 Å². The summed E-state index contributed by atoms with van der Waals surface area (Å²) < 4.78 is 5.75. The molecule has 0 amide bonds. The molecule has 20 heavy (non-hydrogen) atoms. The Balaban J connectivity index is 1.68. The molecule has 110 valence electrons. The van der Waals surface area contributed by atoms with Crippen LogP contribution in [0.3, 0.4) is 0 Å². The monoisotopic (exact) mass is 274 g/mol. The molecule has 0 saturated carbocycles. The summed E-state index contributed by atoms with van der Waals surface area (Å²) >= 11 is 0. The first-order valence-electron chi connectivity index (χ1n) is 8.07. The van der Waals surface area contributed by atoms with Gasteiger partial charge in [0.25, 0.3) is 0 Å². The van der Waals surface area contributed by atoms with E-state index in [-0.39, 0.29) is 0 Å². The van der Waals surface area contributed by atoms with Crippen molar-refractivity contribution in [3.8, 4) is 0 Å². The quantitative estimate of drug-likeness (QED) is 0.893. The van der Waals surface area contributed by atoms with E-state index in [9.17, 15) is 0 Å². The van der Waals surface area contributed by atoms with E-state index in [0.717, 1.165) is 26.2 Å². The fourth-order valence-electron chi connectivity index (χ4n) is 3.49. The van der Waals surface area contributed by atoms with Gasteiger partial charge >= 0.3 is 0 Å². The summed E-state index contributed by atoms with van der Waals surface area (Å²) in [6.07, 6.45) is 5.35. The number of hydrogen-bond donors (Lipinski definition) is 1. The third kappa shape index (κ3) is 2.99. The number of anilines is 1. The van der Waals surface area contributed by atoms with Crippen LogP contribution in [0.2, 0.25) is 0 Å². The average Bonchev–Trinajstić information content (AvgIpc) is 3.00. The van der Waals surface area contributed by atoms with Crippen LogP contribution < -0.4 is 10.2 Å². The normalized spacial score (nSPS) is 25.8. The Morgan fingerprint density at radius 1 is 1.30 bits per heavy atom. The summed E-state index contributed by atoms with van der Waals surface area (Å²) in [7, 11) is 0. The molecule has 1 aromatic carbocycles. The molecule has 0 aliphatic carbocycles. The first-order valence-corrected chi connectivity index (χ1v) is 8.07. The highest BCUT2D eigenvalue weighted by molar-refractivity contribution is 5.57. The van der Waals surface area contributed by atoms with Gasteiger partial charge in [-0.2, -0.15) is 0 Å². The van der Waals surface area contributed by atoms with Gasteiger partial charge in [0.1, 0.15) is 0 Å². The van der Waals surface area contributed by atoms with Crippen molar-refractivity contribution in [1.82, 2.24) is 5.32 Å². The van der Waals surface area contributed by atoms with Gasteiger partial charge in [-0.1, -0.05) is 25.1 Å². The Bertz CT molecular complexity index is 429. The molecule has 2 atom stereocenters. The van der Waals surface area contributed by atoms with E-state index >= 15 is 0 Å². The van der Waals surface area contributed by atoms with E-state index in [1.165, 1.54) is 36.9 Å². The molecule has 3 heteroatoms. The lowest BCUT2D eigenvalue weighted by Crippen LogP contribution is -2.37. The molecule has 2 unspecified atom stereocenters. The van der Waals surface area contributed by atoms with Crippen LogP contribution in [-0.2, 0) is 4.74 Å². The predicted molar refractivity (Wildman–Crippen MR) is 83.3 cm³/mol. The fourth-order valence-corrected chi connectivity index (χ4v) is 3.49. The molecular formula is C17H26N2O. The second-order valence-corrected chi connectivity index (χ2v) is 5.87. The SMILES string of the molecule is CCNC1CCN(CCC2CCCO2)c2ccccc21. The van der Waals surface area contributed by atoms with Gasteiger partial charge in [-0.25, -0.2) is 0 Å². The first kappa shape index (κ1) is 13.9. The second-order valence-electron chi connectivity index (χ2n) is 5.87. The summed E-state index contributed by atoms with van der Waals surface area (Å²) in [5.74, 6) is 0. The topological polar surface area (TPSA) is 24.5 Å². The molecule has 0 spiro atoms. The number of nitrogens with zero attached hydrogens (tertiary/aromatic N) is 1. The highest BCUT2D eigenvalue weighted by Gasteiger charge is 2.25. The van der Waals surface area contributed by atoms with Gasteiger partial charge in [-0.15, -0.1) is 0 Å². The summed E-state index contributed by atoms with van der Waals surface area (Å²) in [4.78, 5) is 2.55. The molecule has 0 bridgehead atoms. The van der Waals surface area contributed by atoms with Gasteiger partial charge in [-0.05, 0) is 43.9 Å². The molecule has 3 nitrogen and oxygen atoms in total. The van der Waals surface area contributed by atoms with E-state index < -0.39 is 0 Å². The van der Waals surface area contributed by atoms with Crippen molar-refractivity contribution in [3.63, 3.8) is 0 Å². The number of fused-ring (bicyclic) bond motifs is 1. The highest BCUT2D eigenvalue weighted by atomic mass is 16.5. The number of benzene rings is 1. The Morgan fingerprint density at radius 2 is 2.20 bits per heavy atom. The third-order valence-corrected chi connectivity index (χ3v) is 4.54. The Morgan fingerprint density at radius 3 is 3.00 bits per heavy atom. The van der Waals surface area contributed by atoms with Crippen LogP contribution in [0.25, 0.3) is 0 Å². The van der Waals surface area contributed by atoms with E-state index in [0.29, 0.717) is 12.1 Å². The van der Waals surface area contributed by atoms with Gasteiger partial charge in [-0.3, -0.25) is 0 Å². The van der Waals surface area contributed by atoms with Crippen molar-refractivity contribution in [2.24, 2.45) is 0 Å². The number of nitrogens with one attached hydrogen (secondary N) is 1. The van der Waals surface area contributed by atoms with Crippen molar-refractivity contribution >= 4 is 5.69 Å². The standard InChI is InChI=1S/C17H26N2O/c1-2-18-16-10-12-19(11-9-14-6-5-13-20-14)17-8-4-3-7-15(16)17/h3-4,7-8,14,16,18H,2,5-6,9-13H2,1H3. The molecule has 1 saturated heterocycles. The Labute approximate surface area is 122 Å². The minimum Gasteiger partial charge on any atom is -0.378 e. The van der Waals surface area contributed by atoms with E-state index in [1.807, 2.05) is 0 Å². The van der Waals surface area contributed by atoms with Crippen molar-refractivity contribution in [1.29, 1.82) is 0 Å². The molecule has 2 aliphatic rings. The Kier molecular flexibility index (Phi) is 4.58. The van der Waals surface area contributed by atoms with Crippen molar-refractivity contribution < 1.29 is 4.74 Å². The number of hydrogen-bond acceptors (Lipinski definition) is 3.